The Morgan fingerprint density at radius 3 is 2.73 bits per heavy atom. The highest BCUT2D eigenvalue weighted by atomic mass is 19.1. The fourth-order valence-electron chi connectivity index (χ4n) is 3.28. The number of amides is 2. The molecule has 3 atom stereocenters. The van der Waals surface area contributed by atoms with Gasteiger partial charge >= 0.3 is 0 Å². The minimum Gasteiger partial charge on any atom is -0.392 e. The molecule has 0 fully saturated rings. The van der Waals surface area contributed by atoms with Gasteiger partial charge in [-0.2, -0.15) is 0 Å². The lowest BCUT2D eigenvalue weighted by Gasteiger charge is -2.30. The van der Waals surface area contributed by atoms with Crippen LogP contribution in [0.4, 0.5) is 4.39 Å². The van der Waals surface area contributed by atoms with Crippen molar-refractivity contribution in [3.63, 3.8) is 0 Å². The third kappa shape index (κ3) is 5.50. The first-order valence-corrected chi connectivity index (χ1v) is 9.76. The number of nitrogens with one attached hydrogen (secondary N) is 2. The SMILES string of the molecule is C=C(C)/C=C(\C(O)NCCF)C(C)N1Cc2c(ccnc2C(=O)NCC(C)O)C1=O. The monoisotopic (exact) mass is 420 g/mol. The molecule has 2 heterocycles. The number of pyridine rings is 1. The van der Waals surface area contributed by atoms with E-state index in [9.17, 15) is 24.2 Å². The van der Waals surface area contributed by atoms with Crippen molar-refractivity contribution in [1.29, 1.82) is 0 Å². The third-order valence-electron chi connectivity index (χ3n) is 4.76. The molecule has 3 unspecified atom stereocenters. The van der Waals surface area contributed by atoms with Crippen molar-refractivity contribution >= 4 is 11.8 Å². The summed E-state index contributed by atoms with van der Waals surface area (Å²) in [5.74, 6) is -0.771. The van der Waals surface area contributed by atoms with E-state index in [2.05, 4.69) is 22.2 Å². The fourth-order valence-corrected chi connectivity index (χ4v) is 3.28. The minimum absolute atomic E-state index is 0.0346. The number of aliphatic hydroxyl groups excluding tert-OH is 2. The Hall–Kier alpha value is -2.62. The highest BCUT2D eigenvalue weighted by molar-refractivity contribution is 6.03. The summed E-state index contributed by atoms with van der Waals surface area (Å²) in [5, 5.41) is 25.1. The van der Waals surface area contributed by atoms with E-state index in [4.69, 9.17) is 0 Å². The first kappa shape index (κ1) is 23.7. The van der Waals surface area contributed by atoms with Crippen molar-refractivity contribution in [2.24, 2.45) is 0 Å². The maximum Gasteiger partial charge on any atom is 0.270 e. The van der Waals surface area contributed by atoms with Crippen molar-refractivity contribution in [2.45, 2.75) is 45.7 Å². The minimum atomic E-state index is -1.16. The van der Waals surface area contributed by atoms with Crippen LogP contribution in [-0.4, -0.2) is 70.0 Å². The zero-order chi connectivity index (χ0) is 22.4. The van der Waals surface area contributed by atoms with Crippen LogP contribution in [0.15, 0.2) is 36.1 Å². The number of hydrogen-bond donors (Lipinski definition) is 4. The number of nitrogens with zero attached hydrogens (tertiary/aromatic N) is 2. The van der Waals surface area contributed by atoms with Crippen molar-refractivity contribution in [3.05, 3.63) is 52.9 Å². The molecule has 0 saturated heterocycles. The number of alkyl halides is 1. The third-order valence-corrected chi connectivity index (χ3v) is 4.76. The van der Waals surface area contributed by atoms with Gasteiger partial charge in [-0.1, -0.05) is 18.2 Å². The second kappa shape index (κ2) is 10.4. The Labute approximate surface area is 175 Å². The maximum atomic E-state index is 13.0. The van der Waals surface area contributed by atoms with Crippen LogP contribution in [0.3, 0.4) is 0 Å². The van der Waals surface area contributed by atoms with Crippen LogP contribution < -0.4 is 10.6 Å². The summed E-state index contributed by atoms with van der Waals surface area (Å²) in [5.41, 5.74) is 2.10. The average molecular weight is 420 g/mol. The topological polar surface area (TPSA) is 115 Å². The summed E-state index contributed by atoms with van der Waals surface area (Å²) in [4.78, 5) is 31.1. The number of fused-ring (bicyclic) bond motifs is 1. The lowest BCUT2D eigenvalue weighted by molar-refractivity contribution is 0.0706. The molecule has 0 aliphatic carbocycles. The van der Waals surface area contributed by atoms with Gasteiger partial charge in [-0.15, -0.1) is 0 Å². The van der Waals surface area contributed by atoms with Gasteiger partial charge in [0.05, 0.1) is 12.1 Å². The molecule has 0 saturated carbocycles. The molecule has 2 amide bonds. The van der Waals surface area contributed by atoms with Crippen LogP contribution in [0.25, 0.3) is 0 Å². The van der Waals surface area contributed by atoms with Crippen LogP contribution in [-0.2, 0) is 6.54 Å². The smallest absolute Gasteiger partial charge is 0.270 e. The Morgan fingerprint density at radius 2 is 2.13 bits per heavy atom. The molecule has 9 heteroatoms. The molecular formula is C21H29FN4O4. The predicted octanol–water partition coefficient (Wildman–Crippen LogP) is 0.916. The molecule has 0 aromatic carbocycles. The molecule has 1 aromatic rings. The van der Waals surface area contributed by atoms with Gasteiger partial charge < -0.3 is 20.4 Å². The standard InChI is InChI=1S/C21H29FN4O4/c1-12(2)9-16(19(28)24-8-6-22)14(4)26-11-17-15(21(26)30)5-7-23-18(17)20(29)25-10-13(3)27/h5,7,9,13-14,19,24,27-28H,1,6,8,10-11H2,2-4H3,(H,25,29)/b16-9-. The molecular weight excluding hydrogens is 391 g/mol. The number of allylic oxidation sites excluding steroid dienone is 2. The van der Waals surface area contributed by atoms with E-state index in [-0.39, 0.29) is 31.2 Å². The van der Waals surface area contributed by atoms with E-state index in [1.807, 2.05) is 0 Å². The van der Waals surface area contributed by atoms with Crippen LogP contribution in [0.1, 0.15) is 47.2 Å². The van der Waals surface area contributed by atoms with E-state index in [0.29, 0.717) is 22.3 Å². The van der Waals surface area contributed by atoms with Crippen LogP contribution in [0, 0.1) is 0 Å². The Balaban J connectivity index is 2.30. The zero-order valence-electron chi connectivity index (χ0n) is 17.5. The Bertz CT molecular complexity index is 840. The van der Waals surface area contributed by atoms with Crippen LogP contribution in [0.5, 0.6) is 0 Å². The second-order valence-electron chi connectivity index (χ2n) is 7.39. The van der Waals surface area contributed by atoms with E-state index >= 15 is 0 Å². The lowest BCUT2D eigenvalue weighted by atomic mass is 10.0. The average Bonchev–Trinajstić information content (AvgIpc) is 3.04. The quantitative estimate of drug-likeness (QED) is 0.331. The summed E-state index contributed by atoms with van der Waals surface area (Å²) in [6, 6.07) is 1.01. The highest BCUT2D eigenvalue weighted by Gasteiger charge is 2.36. The number of halogens is 1. The maximum absolute atomic E-state index is 13.0. The van der Waals surface area contributed by atoms with Crippen molar-refractivity contribution in [3.8, 4) is 0 Å². The predicted molar refractivity (Wildman–Crippen MR) is 110 cm³/mol. The fraction of sp³-hybridized carbons (Fsp3) is 0.476. The highest BCUT2D eigenvalue weighted by Crippen LogP contribution is 2.29. The molecule has 2 rings (SSSR count). The van der Waals surface area contributed by atoms with Gasteiger partial charge in [0.2, 0.25) is 0 Å². The summed E-state index contributed by atoms with van der Waals surface area (Å²) < 4.78 is 12.5. The molecule has 30 heavy (non-hydrogen) atoms. The number of aromatic nitrogens is 1. The second-order valence-corrected chi connectivity index (χ2v) is 7.39. The summed E-state index contributed by atoms with van der Waals surface area (Å²) in [7, 11) is 0. The molecule has 0 spiro atoms. The number of carbonyl (C=O) groups is 2. The molecule has 8 nitrogen and oxygen atoms in total. The molecule has 4 N–H and O–H groups in total. The molecule has 1 aromatic heterocycles. The first-order valence-electron chi connectivity index (χ1n) is 9.76. The normalized spacial score (nSPS) is 16.8. The summed E-state index contributed by atoms with van der Waals surface area (Å²) in [6.45, 7) is 8.39. The van der Waals surface area contributed by atoms with E-state index < -0.39 is 31.0 Å². The zero-order valence-corrected chi connectivity index (χ0v) is 17.5. The molecule has 1 aliphatic rings. The van der Waals surface area contributed by atoms with Crippen LogP contribution in [0.2, 0.25) is 0 Å². The van der Waals surface area contributed by atoms with Crippen molar-refractivity contribution in [1.82, 2.24) is 20.5 Å². The van der Waals surface area contributed by atoms with Gasteiger partial charge in [0, 0.05) is 37.0 Å². The molecule has 164 valence electrons. The van der Waals surface area contributed by atoms with Gasteiger partial charge in [0.15, 0.2) is 0 Å². The number of hydrogen-bond acceptors (Lipinski definition) is 6. The van der Waals surface area contributed by atoms with E-state index in [1.54, 1.807) is 32.9 Å². The van der Waals surface area contributed by atoms with Gasteiger partial charge in [-0.3, -0.25) is 19.9 Å². The Morgan fingerprint density at radius 1 is 1.43 bits per heavy atom. The van der Waals surface area contributed by atoms with Crippen LogP contribution >= 0.6 is 0 Å². The Kier molecular flexibility index (Phi) is 8.22. The van der Waals surface area contributed by atoms with E-state index in [0.717, 1.165) is 0 Å². The molecule has 1 aliphatic heterocycles. The molecule has 0 radical (unpaired) electrons. The molecule has 0 bridgehead atoms. The van der Waals surface area contributed by atoms with Gasteiger partial charge in [-0.25, -0.2) is 4.39 Å². The van der Waals surface area contributed by atoms with Crippen molar-refractivity contribution < 1.29 is 24.2 Å². The number of aliphatic hydroxyl groups is 2. The largest absolute Gasteiger partial charge is 0.392 e. The number of carbonyl (C=O) groups excluding carboxylic acids is 2. The van der Waals surface area contributed by atoms with E-state index in [1.165, 1.54) is 11.1 Å². The van der Waals surface area contributed by atoms with Crippen molar-refractivity contribution in [2.75, 3.05) is 19.8 Å². The summed E-state index contributed by atoms with van der Waals surface area (Å²) in [6.07, 6.45) is 1.18. The van der Waals surface area contributed by atoms with Gasteiger partial charge in [0.25, 0.3) is 11.8 Å². The first-order chi connectivity index (χ1) is 14.2. The van der Waals surface area contributed by atoms with Gasteiger partial charge in [0.1, 0.15) is 18.6 Å². The summed E-state index contributed by atoms with van der Waals surface area (Å²) >= 11 is 0. The number of rotatable bonds is 10. The lowest BCUT2D eigenvalue weighted by Crippen LogP contribution is -2.43. The van der Waals surface area contributed by atoms with Gasteiger partial charge in [-0.05, 0) is 32.4 Å².